The van der Waals surface area contributed by atoms with Crippen molar-refractivity contribution in [2.24, 2.45) is 0 Å². The highest BCUT2D eigenvalue weighted by Crippen LogP contribution is 2.28. The van der Waals surface area contributed by atoms with E-state index in [1.54, 1.807) is 0 Å². The van der Waals surface area contributed by atoms with Crippen molar-refractivity contribution in [2.45, 2.75) is 4.90 Å². The molecule has 2 rings (SSSR count). The summed E-state index contributed by atoms with van der Waals surface area (Å²) in [6.45, 7) is 0. The zero-order valence-corrected chi connectivity index (χ0v) is 12.9. The van der Waals surface area contributed by atoms with Crippen LogP contribution in [0.1, 0.15) is 0 Å². The van der Waals surface area contributed by atoms with E-state index in [2.05, 4.69) is 20.7 Å². The second kappa shape index (κ2) is 5.67. The molecule has 0 amide bonds. The Morgan fingerprint density at radius 1 is 1.05 bits per heavy atom. The van der Waals surface area contributed by atoms with E-state index in [0.717, 1.165) is 30.3 Å². The van der Waals surface area contributed by atoms with Crippen molar-refractivity contribution in [1.29, 1.82) is 0 Å². The van der Waals surface area contributed by atoms with E-state index in [0.29, 0.717) is 0 Å². The largest absolute Gasteiger partial charge is 0.278 e. The lowest BCUT2D eigenvalue weighted by Gasteiger charge is -2.11. The van der Waals surface area contributed by atoms with E-state index in [1.807, 2.05) is 0 Å². The molecule has 0 bridgehead atoms. The highest BCUT2D eigenvalue weighted by molar-refractivity contribution is 9.10. The third-order valence-corrected chi connectivity index (χ3v) is 4.86. The number of hydrogen-bond donors (Lipinski definition) is 1. The summed E-state index contributed by atoms with van der Waals surface area (Å²) in [6, 6.07) is 6.44. The topological polar surface area (TPSA) is 46.2 Å². The highest BCUT2D eigenvalue weighted by atomic mass is 79.9. The zero-order chi connectivity index (χ0) is 14.9. The third-order valence-electron chi connectivity index (χ3n) is 2.36. The smallest absolute Gasteiger partial charge is 0.263 e. The molecule has 0 radical (unpaired) electrons. The minimum atomic E-state index is -4.08. The number of halogens is 4. The lowest BCUT2D eigenvalue weighted by atomic mass is 10.3. The maximum atomic E-state index is 13.1. The Bertz CT molecular complexity index is 768. The molecule has 0 saturated heterocycles. The van der Waals surface area contributed by atoms with Crippen LogP contribution in [0.4, 0.5) is 14.5 Å². The number of hydrogen-bond acceptors (Lipinski definition) is 2. The van der Waals surface area contributed by atoms with Gasteiger partial charge < -0.3 is 0 Å². The van der Waals surface area contributed by atoms with E-state index in [4.69, 9.17) is 11.6 Å². The lowest BCUT2D eigenvalue weighted by molar-refractivity contribution is 0.595. The van der Waals surface area contributed by atoms with Gasteiger partial charge in [-0.05, 0) is 52.3 Å². The Labute approximate surface area is 127 Å². The van der Waals surface area contributed by atoms with Gasteiger partial charge in [0.25, 0.3) is 10.0 Å². The van der Waals surface area contributed by atoms with Gasteiger partial charge in [0, 0.05) is 4.47 Å². The number of anilines is 1. The molecule has 0 aromatic heterocycles. The number of nitrogens with one attached hydrogen (secondary N) is 1. The normalized spacial score (nSPS) is 11.4. The summed E-state index contributed by atoms with van der Waals surface area (Å²) in [5, 5.41) is -0.114. The van der Waals surface area contributed by atoms with Crippen LogP contribution < -0.4 is 4.72 Å². The molecule has 0 aliphatic carbocycles. The van der Waals surface area contributed by atoms with Gasteiger partial charge in [0.15, 0.2) is 0 Å². The zero-order valence-electron chi connectivity index (χ0n) is 9.70. The van der Waals surface area contributed by atoms with Crippen molar-refractivity contribution >= 4 is 43.2 Å². The summed E-state index contributed by atoms with van der Waals surface area (Å²) in [6.07, 6.45) is 0. The minimum Gasteiger partial charge on any atom is -0.278 e. The Morgan fingerprint density at radius 3 is 2.30 bits per heavy atom. The van der Waals surface area contributed by atoms with E-state index >= 15 is 0 Å². The van der Waals surface area contributed by atoms with E-state index in [-0.39, 0.29) is 15.2 Å². The van der Waals surface area contributed by atoms with E-state index in [1.165, 1.54) is 6.07 Å². The second-order valence-corrected chi connectivity index (χ2v) is 6.72. The second-order valence-electron chi connectivity index (χ2n) is 3.80. The van der Waals surface area contributed by atoms with Crippen LogP contribution in [0.2, 0.25) is 5.02 Å². The van der Waals surface area contributed by atoms with Gasteiger partial charge in [-0.15, -0.1) is 0 Å². The van der Waals surface area contributed by atoms with Gasteiger partial charge in [-0.25, -0.2) is 17.2 Å². The summed E-state index contributed by atoms with van der Waals surface area (Å²) < 4.78 is 52.8. The van der Waals surface area contributed by atoms with Gasteiger partial charge in [-0.2, -0.15) is 0 Å². The van der Waals surface area contributed by atoms with Crippen molar-refractivity contribution < 1.29 is 17.2 Å². The van der Waals surface area contributed by atoms with Gasteiger partial charge in [0.05, 0.1) is 10.7 Å². The fourth-order valence-electron chi connectivity index (χ4n) is 1.46. The summed E-state index contributed by atoms with van der Waals surface area (Å²) in [4.78, 5) is -0.393. The Balaban J connectivity index is 2.43. The molecule has 1 N–H and O–H groups in total. The number of sulfonamides is 1. The minimum absolute atomic E-state index is 0.114. The van der Waals surface area contributed by atoms with Crippen molar-refractivity contribution in [2.75, 3.05) is 4.72 Å². The van der Waals surface area contributed by atoms with Crippen molar-refractivity contribution in [3.8, 4) is 0 Å². The first-order valence-corrected chi connectivity index (χ1v) is 7.88. The summed E-state index contributed by atoms with van der Waals surface area (Å²) in [5.41, 5.74) is 0.117. The molecule has 0 spiro atoms. The van der Waals surface area contributed by atoms with Gasteiger partial charge in [0.2, 0.25) is 0 Å². The average Bonchev–Trinajstić information content (AvgIpc) is 2.35. The van der Waals surface area contributed by atoms with Crippen LogP contribution >= 0.6 is 27.5 Å². The molecule has 2 aromatic carbocycles. The van der Waals surface area contributed by atoms with Gasteiger partial charge >= 0.3 is 0 Å². The highest BCUT2D eigenvalue weighted by Gasteiger charge is 2.20. The molecule has 20 heavy (non-hydrogen) atoms. The molecule has 8 heteroatoms. The van der Waals surface area contributed by atoms with Crippen LogP contribution in [-0.4, -0.2) is 8.42 Å². The summed E-state index contributed by atoms with van der Waals surface area (Å²) in [7, 11) is -4.08. The molecule has 2 aromatic rings. The Kier molecular flexibility index (Phi) is 4.31. The lowest BCUT2D eigenvalue weighted by Crippen LogP contribution is -2.14. The van der Waals surface area contributed by atoms with E-state index < -0.39 is 26.6 Å². The molecule has 106 valence electrons. The molecular weight excluding hydrogens is 376 g/mol. The Hall–Kier alpha value is -1.18. The van der Waals surface area contributed by atoms with Crippen LogP contribution in [0, 0.1) is 11.6 Å². The quantitative estimate of drug-likeness (QED) is 0.865. The molecule has 0 aliphatic heterocycles. The average molecular weight is 383 g/mol. The van der Waals surface area contributed by atoms with Crippen molar-refractivity contribution in [1.82, 2.24) is 0 Å². The van der Waals surface area contributed by atoms with Crippen LogP contribution in [0.5, 0.6) is 0 Å². The first-order valence-electron chi connectivity index (χ1n) is 5.22. The molecule has 3 nitrogen and oxygen atoms in total. The predicted molar refractivity (Wildman–Crippen MR) is 76.3 cm³/mol. The third kappa shape index (κ3) is 3.28. The standard InChI is InChI=1S/C12H7BrClF2NO2S/c13-9-5-7(15)2-4-11(9)17-20(18,19)12-6-8(16)1-3-10(12)14/h1-6,17H. The van der Waals surface area contributed by atoms with Gasteiger partial charge in [-0.3, -0.25) is 4.72 Å². The molecule has 0 saturated carbocycles. The van der Waals surface area contributed by atoms with Crippen LogP contribution in [0.25, 0.3) is 0 Å². The molecule has 0 atom stereocenters. The molecule has 0 fully saturated rings. The molecule has 0 aliphatic rings. The Morgan fingerprint density at radius 2 is 1.65 bits per heavy atom. The van der Waals surface area contributed by atoms with Gasteiger partial charge in [-0.1, -0.05) is 11.6 Å². The molecular formula is C12H7BrClF2NO2S. The predicted octanol–water partition coefficient (Wildman–Crippen LogP) is 4.18. The van der Waals surface area contributed by atoms with Crippen molar-refractivity contribution in [3.05, 3.63) is 57.5 Å². The van der Waals surface area contributed by atoms with Crippen LogP contribution in [0.15, 0.2) is 45.8 Å². The summed E-state index contributed by atoms with van der Waals surface area (Å²) >= 11 is 8.79. The SMILES string of the molecule is O=S(=O)(Nc1ccc(F)cc1Br)c1cc(F)ccc1Cl. The molecule has 0 heterocycles. The maximum Gasteiger partial charge on any atom is 0.263 e. The summed E-state index contributed by atoms with van der Waals surface area (Å²) in [5.74, 6) is -1.25. The van der Waals surface area contributed by atoms with Crippen LogP contribution in [-0.2, 0) is 10.0 Å². The maximum absolute atomic E-state index is 13.1. The van der Waals surface area contributed by atoms with E-state index in [9.17, 15) is 17.2 Å². The number of benzene rings is 2. The van der Waals surface area contributed by atoms with Gasteiger partial charge in [0.1, 0.15) is 16.5 Å². The fraction of sp³-hybridized carbons (Fsp3) is 0. The van der Waals surface area contributed by atoms with Crippen molar-refractivity contribution in [3.63, 3.8) is 0 Å². The first-order chi connectivity index (χ1) is 9.29. The fourth-order valence-corrected chi connectivity index (χ4v) is 3.63. The first kappa shape index (κ1) is 15.2. The monoisotopic (exact) mass is 381 g/mol. The number of rotatable bonds is 3. The van der Waals surface area contributed by atoms with Crippen LogP contribution in [0.3, 0.4) is 0 Å². The molecule has 0 unspecified atom stereocenters.